The number of carbonyl (C=O) groups is 1. The second-order valence-electron chi connectivity index (χ2n) is 4.36. The molecular formula is C12H10ClN3O2S. The average molecular weight is 296 g/mol. The van der Waals surface area contributed by atoms with Crippen molar-refractivity contribution in [2.24, 2.45) is 0 Å². The Morgan fingerprint density at radius 3 is 2.89 bits per heavy atom. The third-order valence-electron chi connectivity index (χ3n) is 2.83. The van der Waals surface area contributed by atoms with Crippen molar-refractivity contribution < 1.29 is 9.90 Å². The molecule has 3 rings (SSSR count). The normalized spacial score (nSPS) is 14.4. The van der Waals surface area contributed by atoms with Gasteiger partial charge in [-0.1, -0.05) is 11.6 Å². The van der Waals surface area contributed by atoms with E-state index in [1.165, 1.54) is 17.6 Å². The van der Waals surface area contributed by atoms with Crippen LogP contribution in [0.3, 0.4) is 0 Å². The minimum Gasteiger partial charge on any atom is -0.478 e. The largest absolute Gasteiger partial charge is 0.478 e. The first-order valence-corrected chi connectivity index (χ1v) is 6.92. The second-order valence-corrected chi connectivity index (χ2v) is 5.52. The molecule has 98 valence electrons. The van der Waals surface area contributed by atoms with Crippen LogP contribution >= 0.6 is 23.1 Å². The topological polar surface area (TPSA) is 75.1 Å². The Hall–Kier alpha value is -1.66. The lowest BCUT2D eigenvalue weighted by molar-refractivity contribution is 0.0697. The number of benzene rings is 1. The molecule has 0 saturated heterocycles. The Morgan fingerprint density at radius 1 is 1.47 bits per heavy atom. The van der Waals surface area contributed by atoms with Crippen LogP contribution in [0.25, 0.3) is 0 Å². The predicted molar refractivity (Wildman–Crippen MR) is 73.6 cm³/mol. The second kappa shape index (κ2) is 4.79. The molecule has 0 radical (unpaired) electrons. The Kier molecular flexibility index (Phi) is 3.12. The minimum atomic E-state index is -1.04. The third kappa shape index (κ3) is 2.69. The lowest BCUT2D eigenvalue weighted by Gasteiger charge is -2.04. The van der Waals surface area contributed by atoms with Crippen molar-refractivity contribution in [3.05, 3.63) is 34.6 Å². The van der Waals surface area contributed by atoms with Crippen LogP contribution in [0.4, 0.5) is 10.8 Å². The quantitative estimate of drug-likeness (QED) is 0.903. The van der Waals surface area contributed by atoms with Gasteiger partial charge in [-0.25, -0.2) is 9.78 Å². The van der Waals surface area contributed by atoms with Gasteiger partial charge in [-0.15, -0.1) is 0 Å². The van der Waals surface area contributed by atoms with E-state index in [4.69, 9.17) is 16.7 Å². The van der Waals surface area contributed by atoms with Gasteiger partial charge in [0.1, 0.15) is 5.82 Å². The number of nitrogens with zero attached hydrogens (tertiary/aromatic N) is 2. The number of nitrogens with one attached hydrogen (secondary N) is 1. The summed E-state index contributed by atoms with van der Waals surface area (Å²) in [6, 6.07) is 4.70. The molecule has 1 aromatic heterocycles. The van der Waals surface area contributed by atoms with Crippen molar-refractivity contribution in [1.29, 1.82) is 0 Å². The van der Waals surface area contributed by atoms with Crippen LogP contribution in [0.1, 0.15) is 34.9 Å². The highest BCUT2D eigenvalue weighted by atomic mass is 35.5. The molecule has 0 atom stereocenters. The molecule has 0 aliphatic heterocycles. The molecule has 19 heavy (non-hydrogen) atoms. The summed E-state index contributed by atoms with van der Waals surface area (Å²) in [4.78, 5) is 15.2. The van der Waals surface area contributed by atoms with Gasteiger partial charge in [0, 0.05) is 23.1 Å². The summed E-state index contributed by atoms with van der Waals surface area (Å²) in [6.07, 6.45) is 2.32. The lowest BCUT2D eigenvalue weighted by Crippen LogP contribution is -1.98. The van der Waals surface area contributed by atoms with Crippen LogP contribution in [0.15, 0.2) is 18.2 Å². The Bertz CT molecular complexity index is 640. The molecule has 1 aliphatic rings. The van der Waals surface area contributed by atoms with E-state index in [9.17, 15) is 4.79 Å². The first kappa shape index (κ1) is 12.4. The average Bonchev–Trinajstić information content (AvgIpc) is 3.10. The summed E-state index contributed by atoms with van der Waals surface area (Å²) in [5.41, 5.74) is 0.789. The van der Waals surface area contributed by atoms with Crippen molar-refractivity contribution in [3.8, 4) is 0 Å². The maximum atomic E-state index is 10.9. The van der Waals surface area contributed by atoms with Crippen molar-refractivity contribution in [1.82, 2.24) is 9.36 Å². The standard InChI is InChI=1S/C12H10ClN3O2S/c13-9-5-7(3-4-8(9)11(17)18)14-12-15-10(16-19-12)6-1-2-6/h3-6H,1-2H2,(H,17,18)(H,14,15,16). The molecule has 0 bridgehead atoms. The van der Waals surface area contributed by atoms with E-state index in [1.54, 1.807) is 12.1 Å². The highest BCUT2D eigenvalue weighted by molar-refractivity contribution is 7.09. The zero-order valence-corrected chi connectivity index (χ0v) is 11.3. The van der Waals surface area contributed by atoms with Gasteiger partial charge < -0.3 is 10.4 Å². The van der Waals surface area contributed by atoms with Gasteiger partial charge in [0.15, 0.2) is 0 Å². The van der Waals surface area contributed by atoms with Gasteiger partial charge >= 0.3 is 5.97 Å². The van der Waals surface area contributed by atoms with Crippen LogP contribution in [0, 0.1) is 0 Å². The van der Waals surface area contributed by atoms with Crippen LogP contribution in [0.5, 0.6) is 0 Å². The van der Waals surface area contributed by atoms with Crippen LogP contribution in [0.2, 0.25) is 5.02 Å². The molecule has 1 aromatic carbocycles. The number of aromatic carboxylic acids is 1. The van der Waals surface area contributed by atoms with Gasteiger partial charge in [0.05, 0.1) is 10.6 Å². The summed E-state index contributed by atoms with van der Waals surface area (Å²) in [7, 11) is 0. The van der Waals surface area contributed by atoms with E-state index in [-0.39, 0.29) is 10.6 Å². The number of anilines is 2. The van der Waals surface area contributed by atoms with Gasteiger partial charge in [-0.05, 0) is 31.0 Å². The van der Waals surface area contributed by atoms with Crippen molar-refractivity contribution in [3.63, 3.8) is 0 Å². The SMILES string of the molecule is O=C(O)c1ccc(Nc2nc(C3CC3)ns2)cc1Cl. The molecule has 1 heterocycles. The van der Waals surface area contributed by atoms with Crippen LogP contribution in [-0.4, -0.2) is 20.4 Å². The number of carboxylic acids is 1. The molecule has 5 nitrogen and oxygen atoms in total. The van der Waals surface area contributed by atoms with E-state index in [1.807, 2.05) is 0 Å². The molecule has 1 fully saturated rings. The maximum Gasteiger partial charge on any atom is 0.337 e. The van der Waals surface area contributed by atoms with Crippen molar-refractivity contribution in [2.75, 3.05) is 5.32 Å². The summed E-state index contributed by atoms with van der Waals surface area (Å²) < 4.78 is 4.28. The van der Waals surface area contributed by atoms with Crippen molar-refractivity contribution >= 4 is 39.9 Å². The van der Waals surface area contributed by atoms with Crippen LogP contribution < -0.4 is 5.32 Å². The lowest BCUT2D eigenvalue weighted by atomic mass is 10.2. The van der Waals surface area contributed by atoms with Gasteiger partial charge in [-0.2, -0.15) is 4.37 Å². The first-order chi connectivity index (χ1) is 9.13. The summed E-state index contributed by atoms with van der Waals surface area (Å²) in [6.45, 7) is 0. The number of hydrogen-bond acceptors (Lipinski definition) is 5. The molecule has 0 spiro atoms. The van der Waals surface area contributed by atoms with E-state index in [0.717, 1.165) is 18.7 Å². The van der Waals surface area contributed by atoms with Crippen LogP contribution in [-0.2, 0) is 0 Å². The first-order valence-electron chi connectivity index (χ1n) is 5.77. The number of hydrogen-bond donors (Lipinski definition) is 2. The molecule has 7 heteroatoms. The van der Waals surface area contributed by atoms with E-state index >= 15 is 0 Å². The number of aromatic nitrogens is 2. The fourth-order valence-electron chi connectivity index (χ4n) is 1.68. The third-order valence-corrected chi connectivity index (χ3v) is 3.79. The van der Waals surface area contributed by atoms with Gasteiger partial charge in [0.2, 0.25) is 5.13 Å². The molecule has 1 saturated carbocycles. The molecule has 2 N–H and O–H groups in total. The number of rotatable bonds is 4. The molecule has 1 aliphatic carbocycles. The summed E-state index contributed by atoms with van der Waals surface area (Å²) >= 11 is 7.20. The zero-order valence-electron chi connectivity index (χ0n) is 9.76. The zero-order chi connectivity index (χ0) is 13.4. The van der Waals surface area contributed by atoms with Gasteiger partial charge in [0.25, 0.3) is 0 Å². The molecule has 2 aromatic rings. The molecule has 0 unspecified atom stereocenters. The van der Waals surface area contributed by atoms with Crippen molar-refractivity contribution in [2.45, 2.75) is 18.8 Å². The van der Waals surface area contributed by atoms with Gasteiger partial charge in [-0.3, -0.25) is 0 Å². The summed E-state index contributed by atoms with van der Waals surface area (Å²) in [5, 5.41) is 12.9. The number of halogens is 1. The number of carboxylic acid groups (broad SMARTS) is 1. The van der Waals surface area contributed by atoms with E-state index in [2.05, 4.69) is 14.7 Å². The van der Waals surface area contributed by atoms with E-state index in [0.29, 0.717) is 16.7 Å². The molecule has 0 amide bonds. The predicted octanol–water partition coefficient (Wildman–Crippen LogP) is 3.51. The fourth-order valence-corrected chi connectivity index (χ4v) is 2.61. The Balaban J connectivity index is 1.78. The van der Waals surface area contributed by atoms with E-state index < -0.39 is 5.97 Å². The smallest absolute Gasteiger partial charge is 0.337 e. The maximum absolute atomic E-state index is 10.9. The summed E-state index contributed by atoms with van der Waals surface area (Å²) in [5.74, 6) is 0.369. The highest BCUT2D eigenvalue weighted by Gasteiger charge is 2.27. The highest BCUT2D eigenvalue weighted by Crippen LogP contribution is 2.39. The Morgan fingerprint density at radius 2 is 2.26 bits per heavy atom. The monoisotopic (exact) mass is 295 g/mol. The Labute approximate surface area is 118 Å². The minimum absolute atomic E-state index is 0.0862. The molecular weight excluding hydrogens is 286 g/mol. The fraction of sp³-hybridized carbons (Fsp3) is 0.250.